The van der Waals surface area contributed by atoms with E-state index in [-0.39, 0.29) is 11.5 Å². The molecule has 210 valence electrons. The Kier molecular flexibility index (Phi) is 7.55. The highest BCUT2D eigenvalue weighted by Gasteiger charge is 2.33. The lowest BCUT2D eigenvalue weighted by Gasteiger charge is -2.38. The van der Waals surface area contributed by atoms with Crippen LogP contribution in [0.3, 0.4) is 0 Å². The normalized spacial score (nSPS) is 14.9. The zero-order valence-corrected chi connectivity index (χ0v) is 23.1. The molecule has 0 spiro atoms. The summed E-state index contributed by atoms with van der Waals surface area (Å²) in [7, 11) is 0. The van der Waals surface area contributed by atoms with Crippen LogP contribution in [0.25, 0.3) is 10.9 Å². The molecule has 40 heavy (non-hydrogen) atoms. The van der Waals surface area contributed by atoms with Crippen LogP contribution in [-0.4, -0.2) is 39.6 Å². The Bertz CT molecular complexity index is 1490. The van der Waals surface area contributed by atoms with Crippen molar-refractivity contribution in [3.05, 3.63) is 72.1 Å². The van der Waals surface area contributed by atoms with Crippen LogP contribution in [0, 0.1) is 6.92 Å². The molecule has 1 fully saturated rings. The van der Waals surface area contributed by atoms with Gasteiger partial charge in [-0.3, -0.25) is 0 Å². The topological polar surface area (TPSA) is 78.0 Å². The Morgan fingerprint density at radius 2 is 1.57 bits per heavy atom. The van der Waals surface area contributed by atoms with Crippen LogP contribution in [0.5, 0.6) is 0 Å². The highest BCUT2D eigenvalue weighted by Crippen LogP contribution is 2.37. The van der Waals surface area contributed by atoms with Crippen molar-refractivity contribution in [3.63, 3.8) is 0 Å². The number of fused-ring (bicyclic) bond motifs is 1. The van der Waals surface area contributed by atoms with Gasteiger partial charge in [0.1, 0.15) is 11.5 Å². The maximum atomic E-state index is 13.1. The monoisotopic (exact) mass is 549 g/mol. The fourth-order valence-electron chi connectivity index (χ4n) is 5.20. The van der Waals surface area contributed by atoms with Gasteiger partial charge in [0.05, 0.1) is 11.2 Å². The summed E-state index contributed by atoms with van der Waals surface area (Å²) in [5, 5.41) is 11.2. The van der Waals surface area contributed by atoms with Crippen molar-refractivity contribution in [1.29, 1.82) is 0 Å². The number of rotatable bonds is 6. The molecule has 0 radical (unpaired) electrons. The minimum absolute atomic E-state index is 0.0832. The van der Waals surface area contributed by atoms with Gasteiger partial charge in [-0.2, -0.15) is 13.2 Å². The molecule has 1 saturated heterocycles. The lowest BCUT2D eigenvalue weighted by atomic mass is 9.98. The van der Waals surface area contributed by atoms with E-state index in [1.807, 2.05) is 30.3 Å². The number of hydrogen-bond acceptors (Lipinski definition) is 7. The number of hydrogen-bond donors (Lipinski definition) is 3. The van der Waals surface area contributed by atoms with Gasteiger partial charge in [-0.1, -0.05) is 24.3 Å². The fraction of sp³-hybridized carbons (Fsp3) is 0.367. The number of benzene rings is 2. The second-order valence-corrected chi connectivity index (χ2v) is 11.2. The zero-order chi connectivity index (χ0) is 28.5. The van der Waals surface area contributed by atoms with Gasteiger partial charge in [0.25, 0.3) is 0 Å². The maximum Gasteiger partial charge on any atom is 0.433 e. The first-order chi connectivity index (χ1) is 19.0. The molecule has 0 saturated carbocycles. The number of halogens is 3. The van der Waals surface area contributed by atoms with E-state index < -0.39 is 11.9 Å². The van der Waals surface area contributed by atoms with E-state index in [0.29, 0.717) is 11.7 Å². The van der Waals surface area contributed by atoms with E-state index in [4.69, 9.17) is 4.98 Å². The molecular weight excluding hydrogens is 515 g/mol. The molecule has 7 nitrogen and oxygen atoms in total. The van der Waals surface area contributed by atoms with Crippen molar-refractivity contribution in [2.45, 2.75) is 58.3 Å². The third-order valence-electron chi connectivity index (χ3n) is 6.88. The van der Waals surface area contributed by atoms with E-state index in [1.54, 1.807) is 12.1 Å². The second kappa shape index (κ2) is 10.9. The van der Waals surface area contributed by atoms with Crippen LogP contribution >= 0.6 is 0 Å². The summed E-state index contributed by atoms with van der Waals surface area (Å²) in [5.41, 5.74) is 3.49. The number of aromatic nitrogens is 3. The van der Waals surface area contributed by atoms with Crippen LogP contribution in [0.4, 0.5) is 42.0 Å². The van der Waals surface area contributed by atoms with Crippen molar-refractivity contribution in [2.75, 3.05) is 28.6 Å². The standard InChI is InChI=1S/C30H34F3N7/c1-19-26(40-16-13-20(14-17-40)39-29(2,3)4)23-10-5-6-11-24(23)37-27(19)35-21-8-7-9-22(18-21)36-28-34-15-12-25(38-28)30(31,32)33/h5-12,15,18,20,39H,13-14,16-17H2,1-4H3,(H,35,37)(H,34,36,38). The van der Waals surface area contributed by atoms with E-state index in [2.05, 4.69) is 64.6 Å². The molecule has 3 N–H and O–H groups in total. The molecule has 3 heterocycles. The number of anilines is 5. The molecule has 0 amide bonds. The Hall–Kier alpha value is -3.92. The smallest absolute Gasteiger partial charge is 0.371 e. The van der Waals surface area contributed by atoms with Gasteiger partial charge in [-0.15, -0.1) is 0 Å². The van der Waals surface area contributed by atoms with Crippen molar-refractivity contribution in [3.8, 4) is 0 Å². The largest absolute Gasteiger partial charge is 0.433 e. The Labute approximate surface area is 232 Å². The summed E-state index contributed by atoms with van der Waals surface area (Å²) in [6.07, 6.45) is -1.34. The number of nitrogens with one attached hydrogen (secondary N) is 3. The number of nitrogens with zero attached hydrogens (tertiary/aromatic N) is 4. The van der Waals surface area contributed by atoms with Gasteiger partial charge in [-0.05, 0) is 70.9 Å². The Balaban J connectivity index is 1.40. The summed E-state index contributed by atoms with van der Waals surface area (Å²) in [6, 6.07) is 16.7. The van der Waals surface area contributed by atoms with E-state index in [9.17, 15) is 13.2 Å². The molecule has 0 aliphatic carbocycles. The zero-order valence-electron chi connectivity index (χ0n) is 23.1. The molecule has 0 atom stereocenters. The van der Waals surface area contributed by atoms with E-state index in [1.165, 1.54) is 5.69 Å². The van der Waals surface area contributed by atoms with Gasteiger partial charge in [-0.25, -0.2) is 15.0 Å². The third kappa shape index (κ3) is 6.44. The molecule has 1 aliphatic rings. The number of piperidine rings is 1. The fourth-order valence-corrected chi connectivity index (χ4v) is 5.20. The average Bonchev–Trinajstić information content (AvgIpc) is 2.89. The minimum atomic E-state index is -4.54. The number of para-hydroxylation sites is 1. The van der Waals surface area contributed by atoms with E-state index in [0.717, 1.165) is 66.2 Å². The molecular formula is C30H34F3N7. The van der Waals surface area contributed by atoms with E-state index >= 15 is 0 Å². The molecule has 0 bridgehead atoms. The van der Waals surface area contributed by atoms with Crippen molar-refractivity contribution >= 4 is 39.7 Å². The summed E-state index contributed by atoms with van der Waals surface area (Å²) in [4.78, 5) is 14.9. The van der Waals surface area contributed by atoms with Crippen LogP contribution in [0.1, 0.15) is 44.9 Å². The maximum absolute atomic E-state index is 13.1. The van der Waals surface area contributed by atoms with Crippen molar-refractivity contribution in [2.24, 2.45) is 0 Å². The molecule has 1 aliphatic heterocycles. The van der Waals surface area contributed by atoms with Gasteiger partial charge >= 0.3 is 6.18 Å². The van der Waals surface area contributed by atoms with Gasteiger partial charge in [0, 0.05) is 53.2 Å². The summed E-state index contributed by atoms with van der Waals surface area (Å²) >= 11 is 0. The van der Waals surface area contributed by atoms with Gasteiger partial charge in [0.15, 0.2) is 0 Å². The SMILES string of the molecule is Cc1c(Nc2cccc(Nc3nccc(C(F)(F)F)n3)c2)nc2ccccc2c1N1CCC(NC(C)(C)C)CC1. The van der Waals surface area contributed by atoms with Crippen LogP contribution < -0.4 is 20.9 Å². The average molecular weight is 550 g/mol. The molecule has 5 rings (SSSR count). The lowest BCUT2D eigenvalue weighted by Crippen LogP contribution is -2.49. The first-order valence-corrected chi connectivity index (χ1v) is 13.4. The quantitative estimate of drug-likeness (QED) is 0.235. The highest BCUT2D eigenvalue weighted by molar-refractivity contribution is 5.96. The Morgan fingerprint density at radius 3 is 2.27 bits per heavy atom. The predicted octanol–water partition coefficient (Wildman–Crippen LogP) is 7.20. The van der Waals surface area contributed by atoms with Crippen LogP contribution in [0.2, 0.25) is 0 Å². The Morgan fingerprint density at radius 1 is 0.875 bits per heavy atom. The third-order valence-corrected chi connectivity index (χ3v) is 6.88. The summed E-state index contributed by atoms with van der Waals surface area (Å²) in [5.74, 6) is 0.606. The molecule has 2 aromatic heterocycles. The van der Waals surface area contributed by atoms with Crippen molar-refractivity contribution < 1.29 is 13.2 Å². The summed E-state index contributed by atoms with van der Waals surface area (Å²) < 4.78 is 39.2. The number of pyridine rings is 1. The first kappa shape index (κ1) is 27.6. The predicted molar refractivity (Wildman–Crippen MR) is 155 cm³/mol. The molecule has 2 aromatic carbocycles. The molecule has 4 aromatic rings. The van der Waals surface area contributed by atoms with Gasteiger partial charge < -0.3 is 20.9 Å². The summed E-state index contributed by atoms with van der Waals surface area (Å²) in [6.45, 7) is 10.6. The van der Waals surface area contributed by atoms with Crippen LogP contribution in [-0.2, 0) is 6.18 Å². The van der Waals surface area contributed by atoms with Crippen LogP contribution in [0.15, 0.2) is 60.8 Å². The van der Waals surface area contributed by atoms with Crippen molar-refractivity contribution in [1.82, 2.24) is 20.3 Å². The molecule has 10 heteroatoms. The lowest BCUT2D eigenvalue weighted by molar-refractivity contribution is -0.141. The second-order valence-electron chi connectivity index (χ2n) is 11.2. The molecule has 0 unspecified atom stereocenters. The first-order valence-electron chi connectivity index (χ1n) is 13.4. The van der Waals surface area contributed by atoms with Gasteiger partial charge in [0.2, 0.25) is 5.95 Å². The number of alkyl halides is 3. The highest BCUT2D eigenvalue weighted by atomic mass is 19.4. The minimum Gasteiger partial charge on any atom is -0.371 e.